The van der Waals surface area contributed by atoms with Gasteiger partial charge in [0.25, 0.3) is 0 Å². The first kappa shape index (κ1) is 21.2. The normalized spacial score (nSPS) is 15.9. The Kier molecular flexibility index (Phi) is 6.47. The summed E-state index contributed by atoms with van der Waals surface area (Å²) in [7, 11) is 0. The van der Waals surface area contributed by atoms with Gasteiger partial charge in [-0.3, -0.25) is 9.69 Å². The van der Waals surface area contributed by atoms with E-state index in [4.69, 9.17) is 4.42 Å². The van der Waals surface area contributed by atoms with Gasteiger partial charge in [-0.05, 0) is 23.3 Å². The number of rotatable bonds is 7. The molecule has 0 aliphatic carbocycles. The molecule has 3 aromatic rings. The summed E-state index contributed by atoms with van der Waals surface area (Å²) in [5.74, 6) is 0.483. The highest BCUT2D eigenvalue weighted by atomic mass is 19.1. The molecule has 4 rings (SSSR count). The fraction of sp³-hybridized carbons (Fsp3) is 0.360. The van der Waals surface area contributed by atoms with E-state index < -0.39 is 0 Å². The first-order valence-electron chi connectivity index (χ1n) is 10.8. The number of carbonyl (C=O) groups is 1. The molecule has 6 heteroatoms. The topological polar surface area (TPSA) is 49.6 Å². The van der Waals surface area contributed by atoms with E-state index in [9.17, 15) is 9.18 Å². The number of Topliss-reactive ketones (excluding diaryl/α,β-unsaturated/α-hetero) is 1. The van der Waals surface area contributed by atoms with Gasteiger partial charge in [-0.1, -0.05) is 50.2 Å². The van der Waals surface area contributed by atoms with Crippen LogP contribution in [-0.4, -0.2) is 41.8 Å². The third-order valence-corrected chi connectivity index (χ3v) is 5.86. The van der Waals surface area contributed by atoms with E-state index in [0.29, 0.717) is 24.7 Å². The number of oxazole rings is 1. The van der Waals surface area contributed by atoms with Crippen LogP contribution in [0.3, 0.4) is 0 Å². The van der Waals surface area contributed by atoms with E-state index in [2.05, 4.69) is 26.9 Å². The number of hydrogen-bond acceptors (Lipinski definition) is 5. The van der Waals surface area contributed by atoms with Gasteiger partial charge in [-0.25, -0.2) is 9.37 Å². The zero-order valence-corrected chi connectivity index (χ0v) is 18.0. The molecule has 0 bridgehead atoms. The Bertz CT molecular complexity index is 997. The number of piperazine rings is 1. The maximum Gasteiger partial charge on any atom is 0.215 e. The summed E-state index contributed by atoms with van der Waals surface area (Å²) in [6, 6.07) is 15.3. The molecule has 162 valence electrons. The number of anilines is 1. The SMILES string of the molecule is CC(C)C(=O)Cc1ccc(N2CCN(C(c3ccccc3)c3ncco3)CC2)c(F)c1. The van der Waals surface area contributed by atoms with Crippen molar-refractivity contribution in [1.82, 2.24) is 9.88 Å². The molecule has 1 saturated heterocycles. The fourth-order valence-corrected chi connectivity index (χ4v) is 4.06. The summed E-state index contributed by atoms with van der Waals surface area (Å²) in [5.41, 5.74) is 2.45. The van der Waals surface area contributed by atoms with E-state index in [1.807, 2.05) is 38.1 Å². The molecular weight excluding hydrogens is 393 g/mol. The first-order chi connectivity index (χ1) is 15.0. The molecule has 0 saturated carbocycles. The molecule has 2 heterocycles. The quantitative estimate of drug-likeness (QED) is 0.563. The summed E-state index contributed by atoms with van der Waals surface area (Å²) < 4.78 is 20.5. The van der Waals surface area contributed by atoms with Gasteiger partial charge in [-0.15, -0.1) is 0 Å². The molecule has 0 amide bonds. The molecule has 1 unspecified atom stereocenters. The average molecular weight is 422 g/mol. The molecule has 0 spiro atoms. The van der Waals surface area contributed by atoms with Crippen LogP contribution in [0.5, 0.6) is 0 Å². The van der Waals surface area contributed by atoms with Crippen LogP contribution in [0.4, 0.5) is 10.1 Å². The van der Waals surface area contributed by atoms with E-state index in [1.165, 1.54) is 6.07 Å². The second-order valence-electron chi connectivity index (χ2n) is 8.29. The van der Waals surface area contributed by atoms with Gasteiger partial charge in [0.2, 0.25) is 5.89 Å². The number of carbonyl (C=O) groups excluding carboxylic acids is 1. The summed E-state index contributed by atoms with van der Waals surface area (Å²) >= 11 is 0. The van der Waals surface area contributed by atoms with Crippen molar-refractivity contribution in [2.75, 3.05) is 31.1 Å². The molecule has 1 aliphatic heterocycles. The maximum atomic E-state index is 14.8. The highest BCUT2D eigenvalue weighted by molar-refractivity contribution is 5.82. The second kappa shape index (κ2) is 9.43. The van der Waals surface area contributed by atoms with Gasteiger partial charge in [0.1, 0.15) is 23.9 Å². The summed E-state index contributed by atoms with van der Waals surface area (Å²) in [6.07, 6.45) is 3.54. The third-order valence-electron chi connectivity index (χ3n) is 5.86. The van der Waals surface area contributed by atoms with E-state index in [0.717, 1.165) is 24.2 Å². The molecule has 1 aliphatic rings. The Morgan fingerprint density at radius 1 is 1.10 bits per heavy atom. The fourth-order valence-electron chi connectivity index (χ4n) is 4.06. The Balaban J connectivity index is 1.46. The molecule has 2 aromatic carbocycles. The van der Waals surface area contributed by atoms with Gasteiger partial charge < -0.3 is 9.32 Å². The van der Waals surface area contributed by atoms with Crippen molar-refractivity contribution in [2.24, 2.45) is 5.92 Å². The maximum absolute atomic E-state index is 14.8. The van der Waals surface area contributed by atoms with Crippen LogP contribution in [0.2, 0.25) is 0 Å². The van der Waals surface area contributed by atoms with Gasteiger partial charge in [0.15, 0.2) is 0 Å². The lowest BCUT2D eigenvalue weighted by Gasteiger charge is -2.39. The van der Waals surface area contributed by atoms with Crippen LogP contribution >= 0.6 is 0 Å². The number of hydrogen-bond donors (Lipinski definition) is 0. The highest BCUT2D eigenvalue weighted by Crippen LogP contribution is 2.30. The number of benzene rings is 2. The Labute approximate surface area is 182 Å². The lowest BCUT2D eigenvalue weighted by atomic mass is 10.0. The molecule has 0 radical (unpaired) electrons. The highest BCUT2D eigenvalue weighted by Gasteiger charge is 2.30. The molecule has 5 nitrogen and oxygen atoms in total. The predicted octanol–water partition coefficient (Wildman–Crippen LogP) is 4.49. The zero-order valence-electron chi connectivity index (χ0n) is 18.0. The van der Waals surface area contributed by atoms with E-state index in [1.54, 1.807) is 18.5 Å². The first-order valence-corrected chi connectivity index (χ1v) is 10.8. The van der Waals surface area contributed by atoms with Crippen LogP contribution in [-0.2, 0) is 11.2 Å². The van der Waals surface area contributed by atoms with Crippen molar-refractivity contribution in [2.45, 2.75) is 26.3 Å². The van der Waals surface area contributed by atoms with Crippen LogP contribution in [0.1, 0.15) is 36.9 Å². The molecular formula is C25H28FN3O2. The van der Waals surface area contributed by atoms with Crippen molar-refractivity contribution in [3.05, 3.63) is 83.8 Å². The lowest BCUT2D eigenvalue weighted by Crippen LogP contribution is -2.48. The van der Waals surface area contributed by atoms with Gasteiger partial charge in [-0.2, -0.15) is 0 Å². The molecule has 31 heavy (non-hydrogen) atoms. The van der Waals surface area contributed by atoms with E-state index >= 15 is 0 Å². The molecule has 1 fully saturated rings. The van der Waals surface area contributed by atoms with Crippen LogP contribution in [0, 0.1) is 11.7 Å². The van der Waals surface area contributed by atoms with E-state index in [-0.39, 0.29) is 30.0 Å². The lowest BCUT2D eigenvalue weighted by molar-refractivity contribution is -0.121. The smallest absolute Gasteiger partial charge is 0.215 e. The average Bonchev–Trinajstić information content (AvgIpc) is 3.30. The summed E-state index contributed by atoms with van der Waals surface area (Å²) in [4.78, 5) is 20.8. The van der Waals surface area contributed by atoms with Crippen LogP contribution in [0.25, 0.3) is 0 Å². The minimum absolute atomic E-state index is 0.0444. The number of ketones is 1. The zero-order chi connectivity index (χ0) is 21.8. The van der Waals surface area contributed by atoms with Crippen molar-refractivity contribution in [3.63, 3.8) is 0 Å². The number of halogens is 1. The molecule has 1 aromatic heterocycles. The van der Waals surface area contributed by atoms with Crippen LogP contribution in [0.15, 0.2) is 65.4 Å². The van der Waals surface area contributed by atoms with Gasteiger partial charge >= 0.3 is 0 Å². The predicted molar refractivity (Wildman–Crippen MR) is 119 cm³/mol. The Morgan fingerprint density at radius 3 is 2.45 bits per heavy atom. The monoisotopic (exact) mass is 421 g/mol. The minimum Gasteiger partial charge on any atom is -0.447 e. The number of aromatic nitrogens is 1. The van der Waals surface area contributed by atoms with Crippen LogP contribution < -0.4 is 4.90 Å². The minimum atomic E-state index is -0.269. The second-order valence-corrected chi connectivity index (χ2v) is 8.29. The summed E-state index contributed by atoms with van der Waals surface area (Å²) in [5, 5.41) is 0. The standard InChI is InChI=1S/C25H28FN3O2/c1-18(2)23(30)17-19-8-9-22(21(26)16-19)28-11-13-29(14-12-28)24(25-27-10-15-31-25)20-6-4-3-5-7-20/h3-10,15-16,18,24H,11-14,17H2,1-2H3. The van der Waals surface area contributed by atoms with Crippen molar-refractivity contribution in [1.29, 1.82) is 0 Å². The van der Waals surface area contributed by atoms with Crippen molar-refractivity contribution < 1.29 is 13.6 Å². The van der Waals surface area contributed by atoms with Crippen molar-refractivity contribution in [3.8, 4) is 0 Å². The Hall–Kier alpha value is -2.99. The van der Waals surface area contributed by atoms with Gasteiger partial charge in [0, 0.05) is 38.5 Å². The third kappa shape index (κ3) is 4.85. The number of nitrogens with zero attached hydrogens (tertiary/aromatic N) is 3. The summed E-state index contributed by atoms with van der Waals surface area (Å²) in [6.45, 7) is 6.65. The molecule has 0 N–H and O–H groups in total. The Morgan fingerprint density at radius 2 is 1.84 bits per heavy atom. The van der Waals surface area contributed by atoms with Gasteiger partial charge in [0.05, 0.1) is 11.9 Å². The largest absolute Gasteiger partial charge is 0.447 e. The molecule has 1 atom stereocenters. The van der Waals surface area contributed by atoms with Crippen molar-refractivity contribution >= 4 is 11.5 Å².